The second-order valence-corrected chi connectivity index (χ2v) is 6.02. The molecule has 144 valence electrons. The van der Waals surface area contributed by atoms with E-state index in [1.807, 2.05) is 6.92 Å². The Morgan fingerprint density at radius 1 is 1.08 bits per heavy atom. The SMILES string of the molecule is COC1CC(OC)C(OC(CC(OC)C(O)C(C)O)OC)C(C)O1. The lowest BCUT2D eigenvalue weighted by molar-refractivity contribution is -0.286. The van der Waals surface area contributed by atoms with E-state index >= 15 is 0 Å². The van der Waals surface area contributed by atoms with Crippen LogP contribution in [-0.2, 0) is 28.4 Å². The van der Waals surface area contributed by atoms with Crippen molar-refractivity contribution < 1.29 is 38.6 Å². The van der Waals surface area contributed by atoms with Crippen LogP contribution in [0.25, 0.3) is 0 Å². The zero-order valence-electron chi connectivity index (χ0n) is 15.4. The zero-order valence-corrected chi connectivity index (χ0v) is 15.4. The molecule has 0 aromatic heterocycles. The lowest BCUT2D eigenvalue weighted by atomic mass is 10.0. The van der Waals surface area contributed by atoms with Gasteiger partial charge in [-0.3, -0.25) is 0 Å². The smallest absolute Gasteiger partial charge is 0.160 e. The quantitative estimate of drug-likeness (QED) is 0.542. The van der Waals surface area contributed by atoms with Crippen molar-refractivity contribution in [3.8, 4) is 0 Å². The Balaban J connectivity index is 2.71. The summed E-state index contributed by atoms with van der Waals surface area (Å²) < 4.78 is 33.1. The molecule has 1 aliphatic rings. The van der Waals surface area contributed by atoms with Gasteiger partial charge in [-0.05, 0) is 13.8 Å². The molecule has 0 saturated carbocycles. The third-order valence-corrected chi connectivity index (χ3v) is 4.36. The molecule has 8 heteroatoms. The summed E-state index contributed by atoms with van der Waals surface area (Å²) in [5, 5.41) is 19.5. The highest BCUT2D eigenvalue weighted by Crippen LogP contribution is 2.27. The zero-order chi connectivity index (χ0) is 18.3. The van der Waals surface area contributed by atoms with Crippen molar-refractivity contribution >= 4 is 0 Å². The summed E-state index contributed by atoms with van der Waals surface area (Å²) in [7, 11) is 6.18. The van der Waals surface area contributed by atoms with Crippen LogP contribution in [0.1, 0.15) is 26.7 Å². The molecule has 2 N–H and O–H groups in total. The normalized spacial score (nSPS) is 33.0. The third kappa shape index (κ3) is 5.89. The fraction of sp³-hybridized carbons (Fsp3) is 1.00. The van der Waals surface area contributed by atoms with E-state index in [1.165, 1.54) is 21.1 Å². The Morgan fingerprint density at radius 3 is 2.21 bits per heavy atom. The first-order valence-corrected chi connectivity index (χ1v) is 8.16. The van der Waals surface area contributed by atoms with E-state index in [-0.39, 0.29) is 31.0 Å². The molecule has 0 aromatic carbocycles. The van der Waals surface area contributed by atoms with Crippen molar-refractivity contribution in [1.82, 2.24) is 0 Å². The first kappa shape index (κ1) is 21.7. The minimum absolute atomic E-state index is 0.209. The predicted molar refractivity (Wildman–Crippen MR) is 85.5 cm³/mol. The molecule has 0 radical (unpaired) electrons. The van der Waals surface area contributed by atoms with Gasteiger partial charge in [0.1, 0.15) is 12.2 Å². The first-order chi connectivity index (χ1) is 11.4. The molecular weight excluding hydrogens is 320 g/mol. The van der Waals surface area contributed by atoms with Gasteiger partial charge in [-0.15, -0.1) is 0 Å². The molecule has 1 heterocycles. The van der Waals surface area contributed by atoms with E-state index < -0.39 is 24.6 Å². The summed E-state index contributed by atoms with van der Waals surface area (Å²) in [5.41, 5.74) is 0. The van der Waals surface area contributed by atoms with Crippen LogP contribution in [0.15, 0.2) is 0 Å². The summed E-state index contributed by atoms with van der Waals surface area (Å²) in [5.74, 6) is 0. The molecule has 0 aromatic rings. The Kier molecular flexibility index (Phi) is 9.61. The number of aliphatic hydroxyl groups is 2. The molecule has 8 atom stereocenters. The predicted octanol–water partition coefficient (Wildman–Crippen LogP) is 0.287. The number of rotatable bonds is 10. The average Bonchev–Trinajstić information content (AvgIpc) is 2.58. The van der Waals surface area contributed by atoms with E-state index in [2.05, 4.69) is 0 Å². The van der Waals surface area contributed by atoms with Crippen LogP contribution in [0.2, 0.25) is 0 Å². The highest BCUT2D eigenvalue weighted by molar-refractivity contribution is 4.84. The Labute approximate surface area is 143 Å². The molecule has 0 spiro atoms. The van der Waals surface area contributed by atoms with Gasteiger partial charge in [-0.25, -0.2) is 0 Å². The number of methoxy groups -OCH3 is 4. The van der Waals surface area contributed by atoms with Crippen LogP contribution in [0.3, 0.4) is 0 Å². The molecule has 1 aliphatic heterocycles. The second-order valence-electron chi connectivity index (χ2n) is 6.02. The van der Waals surface area contributed by atoms with Gasteiger partial charge in [-0.2, -0.15) is 0 Å². The highest BCUT2D eigenvalue weighted by Gasteiger charge is 2.40. The van der Waals surface area contributed by atoms with Gasteiger partial charge in [0.05, 0.1) is 24.4 Å². The largest absolute Gasteiger partial charge is 0.391 e. The van der Waals surface area contributed by atoms with Crippen molar-refractivity contribution in [2.24, 2.45) is 0 Å². The summed E-state index contributed by atoms with van der Waals surface area (Å²) >= 11 is 0. The minimum atomic E-state index is -1.03. The van der Waals surface area contributed by atoms with Gasteiger partial charge in [0.25, 0.3) is 0 Å². The molecule has 0 amide bonds. The Hall–Kier alpha value is -0.320. The number of ether oxygens (including phenoxy) is 6. The highest BCUT2D eigenvalue weighted by atomic mass is 16.7. The minimum Gasteiger partial charge on any atom is -0.391 e. The van der Waals surface area contributed by atoms with Crippen LogP contribution >= 0.6 is 0 Å². The number of hydrogen-bond donors (Lipinski definition) is 2. The number of aliphatic hydroxyl groups excluding tert-OH is 2. The maximum absolute atomic E-state index is 10.0. The van der Waals surface area contributed by atoms with E-state index in [9.17, 15) is 10.2 Å². The van der Waals surface area contributed by atoms with Crippen LogP contribution in [0, 0.1) is 0 Å². The van der Waals surface area contributed by atoms with Crippen molar-refractivity contribution in [3.63, 3.8) is 0 Å². The van der Waals surface area contributed by atoms with Crippen LogP contribution in [0.5, 0.6) is 0 Å². The molecule has 8 unspecified atom stereocenters. The average molecular weight is 352 g/mol. The lowest BCUT2D eigenvalue weighted by Crippen LogP contribution is -2.51. The maximum atomic E-state index is 10.0. The second kappa shape index (κ2) is 10.6. The first-order valence-electron chi connectivity index (χ1n) is 8.16. The molecule has 0 bridgehead atoms. The van der Waals surface area contributed by atoms with Gasteiger partial charge in [0, 0.05) is 41.3 Å². The molecule has 0 aliphatic carbocycles. The fourth-order valence-corrected chi connectivity index (χ4v) is 2.84. The van der Waals surface area contributed by atoms with Crippen molar-refractivity contribution in [3.05, 3.63) is 0 Å². The van der Waals surface area contributed by atoms with Gasteiger partial charge < -0.3 is 38.6 Å². The molecular formula is C16H32O8. The molecule has 24 heavy (non-hydrogen) atoms. The third-order valence-electron chi connectivity index (χ3n) is 4.36. The van der Waals surface area contributed by atoms with E-state index in [0.29, 0.717) is 6.42 Å². The monoisotopic (exact) mass is 352 g/mol. The van der Waals surface area contributed by atoms with E-state index in [4.69, 9.17) is 28.4 Å². The summed E-state index contributed by atoms with van der Waals surface area (Å²) in [6.07, 6.45) is -3.57. The topological polar surface area (TPSA) is 95.8 Å². The number of hydrogen-bond acceptors (Lipinski definition) is 8. The van der Waals surface area contributed by atoms with Crippen molar-refractivity contribution in [2.75, 3.05) is 28.4 Å². The maximum Gasteiger partial charge on any atom is 0.160 e. The molecule has 1 saturated heterocycles. The summed E-state index contributed by atoms with van der Waals surface area (Å²) in [6.45, 7) is 3.38. The van der Waals surface area contributed by atoms with Gasteiger partial charge in [-0.1, -0.05) is 0 Å². The van der Waals surface area contributed by atoms with E-state index in [0.717, 1.165) is 0 Å². The van der Waals surface area contributed by atoms with Crippen LogP contribution in [0.4, 0.5) is 0 Å². The molecule has 1 fully saturated rings. The summed E-state index contributed by atoms with van der Waals surface area (Å²) in [6, 6.07) is 0. The molecule has 8 nitrogen and oxygen atoms in total. The summed E-state index contributed by atoms with van der Waals surface area (Å²) in [4.78, 5) is 0. The van der Waals surface area contributed by atoms with Crippen LogP contribution in [-0.4, -0.2) is 87.9 Å². The molecule has 1 rings (SSSR count). The van der Waals surface area contributed by atoms with Gasteiger partial charge in [0.15, 0.2) is 12.6 Å². The Morgan fingerprint density at radius 2 is 1.75 bits per heavy atom. The van der Waals surface area contributed by atoms with Gasteiger partial charge >= 0.3 is 0 Å². The van der Waals surface area contributed by atoms with Crippen molar-refractivity contribution in [2.45, 2.75) is 75.9 Å². The van der Waals surface area contributed by atoms with Crippen molar-refractivity contribution in [1.29, 1.82) is 0 Å². The van der Waals surface area contributed by atoms with Gasteiger partial charge in [0.2, 0.25) is 0 Å². The fourth-order valence-electron chi connectivity index (χ4n) is 2.84. The van der Waals surface area contributed by atoms with Crippen LogP contribution < -0.4 is 0 Å². The van der Waals surface area contributed by atoms with E-state index in [1.54, 1.807) is 14.2 Å². The lowest BCUT2D eigenvalue weighted by Gasteiger charge is -2.40. The Bertz CT molecular complexity index is 340. The standard InChI is InChI=1S/C16H32O8/c1-9(17)15(18)11(19-3)7-14(22-6)24-16-10(2)23-13(21-5)8-12(16)20-4/h9-18H,7-8H2,1-6H3.